The molecule has 1 aliphatic heterocycles. The van der Waals surface area contributed by atoms with Crippen molar-refractivity contribution in [3.8, 4) is 0 Å². The summed E-state index contributed by atoms with van der Waals surface area (Å²) in [6.45, 7) is 2.83. The van der Waals surface area contributed by atoms with Crippen LogP contribution in [0.2, 0.25) is 0 Å². The van der Waals surface area contributed by atoms with Gasteiger partial charge in [0.05, 0.1) is 7.11 Å². The van der Waals surface area contributed by atoms with Crippen LogP contribution in [0, 0.1) is 0 Å². The second kappa shape index (κ2) is 5.05. The van der Waals surface area contributed by atoms with Crippen molar-refractivity contribution in [1.82, 2.24) is 15.6 Å². The van der Waals surface area contributed by atoms with Crippen molar-refractivity contribution >= 4 is 5.97 Å². The largest absolute Gasteiger partial charge is 0.464 e. The number of nitrogens with zero attached hydrogens (tertiary/aromatic N) is 1. The van der Waals surface area contributed by atoms with E-state index in [0.717, 1.165) is 25.2 Å². The first-order valence-electron chi connectivity index (χ1n) is 5.29. The summed E-state index contributed by atoms with van der Waals surface area (Å²) in [4.78, 5) is 15.3. The van der Waals surface area contributed by atoms with E-state index < -0.39 is 5.97 Å². The number of piperazine rings is 1. The van der Waals surface area contributed by atoms with Gasteiger partial charge in [0.15, 0.2) is 0 Å². The third-order valence-electron chi connectivity index (χ3n) is 2.62. The minimum absolute atomic E-state index is 0.271. The van der Waals surface area contributed by atoms with Crippen LogP contribution in [-0.2, 0) is 4.74 Å². The van der Waals surface area contributed by atoms with E-state index >= 15 is 0 Å². The fraction of sp³-hybridized carbons (Fsp3) is 0.455. The first-order valence-corrected chi connectivity index (χ1v) is 5.29. The van der Waals surface area contributed by atoms with Gasteiger partial charge in [0.1, 0.15) is 5.69 Å². The van der Waals surface area contributed by atoms with Gasteiger partial charge in [0.25, 0.3) is 0 Å². The van der Waals surface area contributed by atoms with Gasteiger partial charge >= 0.3 is 5.97 Å². The van der Waals surface area contributed by atoms with E-state index in [1.807, 2.05) is 6.07 Å². The molecule has 2 heterocycles. The topological polar surface area (TPSA) is 63.2 Å². The van der Waals surface area contributed by atoms with Gasteiger partial charge in [-0.1, -0.05) is 6.07 Å². The molecule has 0 spiro atoms. The number of carbonyl (C=O) groups is 1. The van der Waals surface area contributed by atoms with E-state index in [9.17, 15) is 4.79 Å². The van der Waals surface area contributed by atoms with Crippen LogP contribution >= 0.6 is 0 Å². The van der Waals surface area contributed by atoms with E-state index in [1.165, 1.54) is 7.11 Å². The summed E-state index contributed by atoms with van der Waals surface area (Å²) >= 11 is 0. The molecule has 0 amide bonds. The molecule has 2 N–H and O–H groups in total. The fourth-order valence-electron chi connectivity index (χ4n) is 1.73. The van der Waals surface area contributed by atoms with Gasteiger partial charge in [0.2, 0.25) is 0 Å². The van der Waals surface area contributed by atoms with Crippen LogP contribution < -0.4 is 10.6 Å². The molecule has 16 heavy (non-hydrogen) atoms. The average molecular weight is 221 g/mol. The molecular formula is C11H15N3O2. The number of esters is 1. The van der Waals surface area contributed by atoms with Crippen molar-refractivity contribution in [3.63, 3.8) is 0 Å². The minimum Gasteiger partial charge on any atom is -0.464 e. The number of rotatable bonds is 2. The Bertz CT molecular complexity index is 358. The number of hydrogen-bond acceptors (Lipinski definition) is 5. The van der Waals surface area contributed by atoms with Crippen LogP contribution in [0.15, 0.2) is 18.3 Å². The van der Waals surface area contributed by atoms with Crippen molar-refractivity contribution in [1.29, 1.82) is 0 Å². The van der Waals surface area contributed by atoms with Crippen molar-refractivity contribution < 1.29 is 9.53 Å². The molecular weight excluding hydrogens is 206 g/mol. The number of nitrogens with one attached hydrogen (secondary N) is 2. The monoisotopic (exact) mass is 221 g/mol. The SMILES string of the molecule is COC(=O)c1ccc(C2CNCCN2)cn1. The predicted octanol–water partition coefficient (Wildman–Crippen LogP) is 0.102. The molecule has 1 fully saturated rings. The maximum atomic E-state index is 11.2. The molecule has 2 rings (SSSR count). The Morgan fingerprint density at radius 1 is 1.50 bits per heavy atom. The van der Waals surface area contributed by atoms with Crippen LogP contribution in [-0.4, -0.2) is 37.7 Å². The van der Waals surface area contributed by atoms with Gasteiger partial charge in [-0.05, 0) is 11.6 Å². The van der Waals surface area contributed by atoms with Crippen molar-refractivity contribution in [2.45, 2.75) is 6.04 Å². The molecule has 1 atom stereocenters. The van der Waals surface area contributed by atoms with Crippen molar-refractivity contribution in [3.05, 3.63) is 29.6 Å². The Kier molecular flexibility index (Phi) is 3.48. The number of ether oxygens (including phenoxy) is 1. The number of methoxy groups -OCH3 is 1. The molecule has 0 radical (unpaired) electrons. The summed E-state index contributed by atoms with van der Waals surface area (Å²) in [5.74, 6) is -0.402. The molecule has 0 aromatic carbocycles. The Morgan fingerprint density at radius 3 is 2.94 bits per heavy atom. The standard InChI is InChI=1S/C11H15N3O2/c1-16-11(15)9-3-2-8(6-14-9)10-7-12-4-5-13-10/h2-3,6,10,12-13H,4-5,7H2,1H3. The van der Waals surface area contributed by atoms with Gasteiger partial charge in [-0.2, -0.15) is 0 Å². The molecule has 1 aromatic heterocycles. The molecule has 1 aromatic rings. The zero-order valence-electron chi connectivity index (χ0n) is 9.19. The van der Waals surface area contributed by atoms with E-state index in [2.05, 4.69) is 20.4 Å². The van der Waals surface area contributed by atoms with Crippen LogP contribution in [0.1, 0.15) is 22.1 Å². The lowest BCUT2D eigenvalue weighted by molar-refractivity contribution is 0.0594. The quantitative estimate of drug-likeness (QED) is 0.694. The highest BCUT2D eigenvalue weighted by Gasteiger charge is 2.15. The Hall–Kier alpha value is -1.46. The number of carbonyl (C=O) groups excluding carboxylic acids is 1. The normalized spacial score (nSPS) is 20.4. The molecule has 1 unspecified atom stereocenters. The molecule has 86 valence electrons. The van der Waals surface area contributed by atoms with Gasteiger partial charge in [-0.25, -0.2) is 9.78 Å². The predicted molar refractivity (Wildman–Crippen MR) is 59.2 cm³/mol. The van der Waals surface area contributed by atoms with Crippen LogP contribution in [0.4, 0.5) is 0 Å². The lowest BCUT2D eigenvalue weighted by Crippen LogP contribution is -2.42. The molecule has 0 saturated carbocycles. The number of hydrogen-bond donors (Lipinski definition) is 2. The first kappa shape index (κ1) is 11.0. The van der Waals surface area contributed by atoms with Gasteiger partial charge < -0.3 is 15.4 Å². The summed E-state index contributed by atoms with van der Waals surface area (Å²) in [6.07, 6.45) is 1.72. The zero-order chi connectivity index (χ0) is 11.4. The van der Waals surface area contributed by atoms with E-state index in [0.29, 0.717) is 5.69 Å². The van der Waals surface area contributed by atoms with Gasteiger partial charge in [-0.15, -0.1) is 0 Å². The lowest BCUT2D eigenvalue weighted by atomic mass is 10.1. The van der Waals surface area contributed by atoms with Gasteiger partial charge in [-0.3, -0.25) is 0 Å². The molecule has 0 bridgehead atoms. The van der Waals surface area contributed by atoms with Crippen molar-refractivity contribution in [2.75, 3.05) is 26.7 Å². The summed E-state index contributed by atoms with van der Waals surface area (Å²) in [5, 5.41) is 6.68. The van der Waals surface area contributed by atoms with Crippen LogP contribution in [0.25, 0.3) is 0 Å². The minimum atomic E-state index is -0.402. The second-order valence-corrected chi connectivity index (χ2v) is 3.68. The maximum Gasteiger partial charge on any atom is 0.356 e. The average Bonchev–Trinajstić information content (AvgIpc) is 2.39. The fourth-order valence-corrected chi connectivity index (χ4v) is 1.73. The summed E-state index contributed by atoms with van der Waals surface area (Å²) in [5.41, 5.74) is 1.43. The molecule has 5 heteroatoms. The summed E-state index contributed by atoms with van der Waals surface area (Å²) in [7, 11) is 1.35. The third-order valence-corrected chi connectivity index (χ3v) is 2.62. The van der Waals surface area contributed by atoms with E-state index in [-0.39, 0.29) is 6.04 Å². The second-order valence-electron chi connectivity index (χ2n) is 3.68. The van der Waals surface area contributed by atoms with E-state index in [1.54, 1.807) is 12.3 Å². The van der Waals surface area contributed by atoms with Crippen molar-refractivity contribution in [2.24, 2.45) is 0 Å². The maximum absolute atomic E-state index is 11.2. The summed E-state index contributed by atoms with van der Waals surface area (Å²) in [6, 6.07) is 3.87. The highest BCUT2D eigenvalue weighted by atomic mass is 16.5. The first-order chi connectivity index (χ1) is 7.81. The smallest absolute Gasteiger partial charge is 0.356 e. The van der Waals surface area contributed by atoms with Crippen LogP contribution in [0.3, 0.4) is 0 Å². The Labute approximate surface area is 94.2 Å². The highest BCUT2D eigenvalue weighted by Crippen LogP contribution is 2.13. The molecule has 1 aliphatic rings. The Morgan fingerprint density at radius 2 is 2.38 bits per heavy atom. The molecule has 1 saturated heterocycles. The molecule has 0 aliphatic carbocycles. The lowest BCUT2D eigenvalue weighted by Gasteiger charge is -2.24. The number of pyridine rings is 1. The third kappa shape index (κ3) is 2.37. The van der Waals surface area contributed by atoms with Gasteiger partial charge in [0, 0.05) is 31.9 Å². The number of aromatic nitrogens is 1. The van der Waals surface area contributed by atoms with E-state index in [4.69, 9.17) is 0 Å². The Balaban J connectivity index is 2.09. The zero-order valence-corrected chi connectivity index (χ0v) is 9.19. The highest BCUT2D eigenvalue weighted by molar-refractivity contribution is 5.86. The van der Waals surface area contributed by atoms with Crippen LogP contribution in [0.5, 0.6) is 0 Å². The molecule has 5 nitrogen and oxygen atoms in total. The summed E-state index contributed by atoms with van der Waals surface area (Å²) < 4.78 is 4.59.